The molecular formula is C12H17BF3KO3. The molecule has 0 bridgehead atoms. The maximum atomic E-state index is 12.8. The van der Waals surface area contributed by atoms with Crippen LogP contribution in [0.25, 0.3) is 0 Å². The van der Waals surface area contributed by atoms with Gasteiger partial charge >= 0.3 is 58.4 Å². The summed E-state index contributed by atoms with van der Waals surface area (Å²) in [7, 11) is 1.55. The molecule has 3 nitrogen and oxygen atoms in total. The summed E-state index contributed by atoms with van der Waals surface area (Å²) in [5.74, 6) is -0.145. The van der Waals surface area contributed by atoms with E-state index in [1.54, 1.807) is 20.1 Å². The number of hydrogen-bond acceptors (Lipinski definition) is 3. The molecule has 0 amide bonds. The van der Waals surface area contributed by atoms with Crippen LogP contribution in [0, 0.1) is 6.92 Å². The fourth-order valence-electron chi connectivity index (χ4n) is 1.51. The summed E-state index contributed by atoms with van der Waals surface area (Å²) in [5.41, 5.74) is -0.144. The number of ether oxygens (including phenoxy) is 3. The first-order valence-electron chi connectivity index (χ1n) is 5.95. The Kier molecular flexibility index (Phi) is 10.4. The predicted molar refractivity (Wildman–Crippen MR) is 68.1 cm³/mol. The number of hydrogen-bond donors (Lipinski definition) is 0. The van der Waals surface area contributed by atoms with E-state index in [1.807, 2.05) is 0 Å². The monoisotopic (exact) mass is 316 g/mol. The predicted octanol–water partition coefficient (Wildman–Crippen LogP) is -0.905. The van der Waals surface area contributed by atoms with Gasteiger partial charge in [0.15, 0.2) is 0 Å². The van der Waals surface area contributed by atoms with Gasteiger partial charge in [-0.1, -0.05) is 23.2 Å². The molecule has 0 unspecified atom stereocenters. The van der Waals surface area contributed by atoms with Gasteiger partial charge in [-0.2, -0.15) is 0 Å². The molecule has 8 heteroatoms. The van der Waals surface area contributed by atoms with E-state index in [2.05, 4.69) is 0 Å². The van der Waals surface area contributed by atoms with Crippen molar-refractivity contribution in [2.45, 2.75) is 6.92 Å². The van der Waals surface area contributed by atoms with Gasteiger partial charge in [0.05, 0.1) is 25.6 Å². The molecule has 0 atom stereocenters. The molecule has 20 heavy (non-hydrogen) atoms. The minimum absolute atomic E-state index is 0. The number of halogens is 3. The summed E-state index contributed by atoms with van der Waals surface area (Å²) < 4.78 is 53.5. The van der Waals surface area contributed by atoms with Crippen molar-refractivity contribution in [3.05, 3.63) is 23.8 Å². The van der Waals surface area contributed by atoms with Crippen LogP contribution in [-0.2, 0) is 9.47 Å². The molecule has 0 saturated carbocycles. The van der Waals surface area contributed by atoms with Crippen molar-refractivity contribution in [2.75, 3.05) is 33.5 Å². The van der Waals surface area contributed by atoms with Crippen LogP contribution < -0.4 is 61.6 Å². The van der Waals surface area contributed by atoms with Crippen LogP contribution >= 0.6 is 0 Å². The summed E-state index contributed by atoms with van der Waals surface area (Å²) in [4.78, 5) is 0. The van der Waals surface area contributed by atoms with Crippen molar-refractivity contribution in [2.24, 2.45) is 0 Å². The summed E-state index contributed by atoms with van der Waals surface area (Å²) in [6.07, 6.45) is 0. The summed E-state index contributed by atoms with van der Waals surface area (Å²) >= 11 is 0. The first-order valence-corrected chi connectivity index (χ1v) is 5.95. The molecule has 0 saturated heterocycles. The van der Waals surface area contributed by atoms with Gasteiger partial charge in [0, 0.05) is 7.11 Å². The summed E-state index contributed by atoms with van der Waals surface area (Å²) in [5, 5.41) is 0. The van der Waals surface area contributed by atoms with E-state index in [4.69, 9.17) is 14.2 Å². The van der Waals surface area contributed by atoms with E-state index < -0.39 is 12.4 Å². The van der Waals surface area contributed by atoms with Crippen LogP contribution in [0.4, 0.5) is 12.9 Å². The van der Waals surface area contributed by atoms with Crippen molar-refractivity contribution in [3.8, 4) is 5.75 Å². The molecule has 0 aromatic heterocycles. The minimum atomic E-state index is -5.07. The van der Waals surface area contributed by atoms with Gasteiger partial charge in [-0.05, 0) is 13.0 Å². The normalized spacial score (nSPS) is 11.1. The third kappa shape index (κ3) is 7.44. The quantitative estimate of drug-likeness (QED) is 0.459. The number of rotatable bonds is 8. The van der Waals surface area contributed by atoms with E-state index in [-0.39, 0.29) is 70.3 Å². The van der Waals surface area contributed by atoms with Crippen LogP contribution in [0.5, 0.6) is 5.75 Å². The molecule has 1 aromatic rings. The topological polar surface area (TPSA) is 27.7 Å². The fraction of sp³-hybridized carbons (Fsp3) is 0.500. The molecule has 0 radical (unpaired) electrons. The average molecular weight is 316 g/mol. The van der Waals surface area contributed by atoms with Gasteiger partial charge in [0.2, 0.25) is 0 Å². The molecule has 0 N–H and O–H groups in total. The molecular weight excluding hydrogens is 299 g/mol. The first kappa shape index (κ1) is 20.4. The van der Waals surface area contributed by atoms with Crippen molar-refractivity contribution in [1.82, 2.24) is 0 Å². The molecule has 0 aliphatic heterocycles. The molecule has 0 fully saturated rings. The third-order valence-corrected chi connectivity index (χ3v) is 2.43. The number of methoxy groups -OCH3 is 1. The zero-order valence-corrected chi connectivity index (χ0v) is 15.1. The Labute approximate surface area is 159 Å². The summed E-state index contributed by atoms with van der Waals surface area (Å²) in [6.45, 7) is -2.32. The van der Waals surface area contributed by atoms with Gasteiger partial charge in [-0.25, -0.2) is 0 Å². The Hall–Kier alpha value is 0.431. The van der Waals surface area contributed by atoms with Crippen molar-refractivity contribution >= 4 is 12.4 Å². The number of aryl methyl sites for hydroxylation is 1. The van der Waals surface area contributed by atoms with Crippen LogP contribution in [0.1, 0.15) is 5.56 Å². The average Bonchev–Trinajstić information content (AvgIpc) is 2.34. The zero-order valence-electron chi connectivity index (χ0n) is 12.0. The van der Waals surface area contributed by atoms with Crippen LogP contribution in [0.2, 0.25) is 0 Å². The second-order valence-electron chi connectivity index (χ2n) is 4.07. The van der Waals surface area contributed by atoms with Gasteiger partial charge in [-0.3, -0.25) is 0 Å². The van der Waals surface area contributed by atoms with Crippen LogP contribution in [0.15, 0.2) is 18.2 Å². The SMILES string of the molecule is COCCOCCOc1ccc(C)cc1[B-](F)(F)F.[K+]. The van der Waals surface area contributed by atoms with Gasteiger partial charge in [0.25, 0.3) is 0 Å². The molecule has 108 valence electrons. The molecule has 0 aliphatic rings. The Morgan fingerprint density at radius 2 is 1.70 bits per heavy atom. The Balaban J connectivity index is 0.00000361. The Morgan fingerprint density at radius 1 is 1.05 bits per heavy atom. The molecule has 0 spiro atoms. The largest absolute Gasteiger partial charge is 1.00 e. The van der Waals surface area contributed by atoms with E-state index in [0.29, 0.717) is 18.8 Å². The van der Waals surface area contributed by atoms with Crippen molar-refractivity contribution in [1.29, 1.82) is 0 Å². The van der Waals surface area contributed by atoms with E-state index in [1.165, 1.54) is 6.07 Å². The van der Waals surface area contributed by atoms with Crippen LogP contribution in [-0.4, -0.2) is 40.5 Å². The Bertz CT molecular complexity index is 402. The van der Waals surface area contributed by atoms with Crippen molar-refractivity contribution in [3.63, 3.8) is 0 Å². The third-order valence-electron chi connectivity index (χ3n) is 2.43. The maximum Gasteiger partial charge on any atom is 1.00 e. The smallest absolute Gasteiger partial charge is 0.494 e. The molecule has 0 heterocycles. The second-order valence-corrected chi connectivity index (χ2v) is 4.07. The standard InChI is InChI=1S/C12H17BF3O3.K/c1-10-3-4-12(11(9-10)13(14,15)16)19-8-7-18-6-5-17-2;/h3-4,9H,5-8H2,1-2H3;/q-1;+1. The molecule has 0 aliphatic carbocycles. The van der Waals surface area contributed by atoms with Crippen LogP contribution in [0.3, 0.4) is 0 Å². The summed E-state index contributed by atoms with van der Waals surface area (Å²) in [6, 6.07) is 4.03. The molecule has 1 aromatic carbocycles. The Morgan fingerprint density at radius 3 is 2.30 bits per heavy atom. The van der Waals surface area contributed by atoms with Gasteiger partial charge in [-0.15, -0.1) is 0 Å². The first-order chi connectivity index (χ1) is 8.95. The van der Waals surface area contributed by atoms with Crippen molar-refractivity contribution < 1.29 is 78.5 Å². The van der Waals surface area contributed by atoms with E-state index in [9.17, 15) is 12.9 Å². The fourth-order valence-corrected chi connectivity index (χ4v) is 1.51. The van der Waals surface area contributed by atoms with E-state index in [0.717, 1.165) is 6.07 Å². The zero-order chi connectivity index (χ0) is 14.3. The number of benzene rings is 1. The maximum absolute atomic E-state index is 12.8. The second kappa shape index (κ2) is 10.2. The minimum Gasteiger partial charge on any atom is -0.494 e. The van der Waals surface area contributed by atoms with E-state index >= 15 is 0 Å². The van der Waals surface area contributed by atoms with Gasteiger partial charge < -0.3 is 27.2 Å². The molecule has 1 rings (SSSR count). The van der Waals surface area contributed by atoms with Gasteiger partial charge in [0.1, 0.15) is 6.61 Å².